The van der Waals surface area contributed by atoms with Crippen molar-refractivity contribution in [1.29, 1.82) is 0 Å². The molecule has 0 spiro atoms. The fourth-order valence-corrected chi connectivity index (χ4v) is 5.97. The van der Waals surface area contributed by atoms with Crippen molar-refractivity contribution in [3.63, 3.8) is 0 Å². The fraction of sp³-hybridized carbons (Fsp3) is 0.310. The van der Waals surface area contributed by atoms with Crippen LogP contribution in [-0.2, 0) is 14.8 Å². The Labute approximate surface area is 243 Å². The summed E-state index contributed by atoms with van der Waals surface area (Å²) < 4.78 is 33.9. The number of ether oxygens (including phenoxy) is 1. The van der Waals surface area contributed by atoms with E-state index in [0.717, 1.165) is 31.6 Å². The lowest BCUT2D eigenvalue weighted by Gasteiger charge is -2.34. The topological polar surface area (TPSA) is 169 Å². The van der Waals surface area contributed by atoms with Gasteiger partial charge in [0.1, 0.15) is 24.0 Å². The Bertz CT molecular complexity index is 1680. The van der Waals surface area contributed by atoms with E-state index < -0.39 is 16.1 Å². The molecule has 222 valence electrons. The molecule has 0 aliphatic carbocycles. The molecule has 1 fully saturated rings. The van der Waals surface area contributed by atoms with Crippen molar-refractivity contribution >= 4 is 44.0 Å². The van der Waals surface area contributed by atoms with Crippen LogP contribution in [0.3, 0.4) is 0 Å². The average Bonchev–Trinajstić information content (AvgIpc) is 3.36. The van der Waals surface area contributed by atoms with E-state index in [2.05, 4.69) is 30.2 Å². The van der Waals surface area contributed by atoms with Crippen LogP contribution in [0.15, 0.2) is 76.4 Å². The molecule has 1 atom stereocenters. The number of aliphatic hydroxyl groups is 1. The van der Waals surface area contributed by atoms with Crippen molar-refractivity contribution in [2.75, 3.05) is 41.2 Å². The number of imidazole rings is 1. The molecule has 0 bridgehead atoms. The molecule has 0 unspecified atom stereocenters. The second kappa shape index (κ2) is 12.7. The summed E-state index contributed by atoms with van der Waals surface area (Å²) in [4.78, 5) is 30.5. The van der Waals surface area contributed by atoms with E-state index in [0.29, 0.717) is 34.7 Å². The minimum atomic E-state index is -3.78. The molecule has 3 aromatic carbocycles. The number of carbonyl (C=O) groups excluding carboxylic acids is 1. The van der Waals surface area contributed by atoms with E-state index >= 15 is 0 Å². The number of benzene rings is 3. The molecule has 1 aliphatic rings. The summed E-state index contributed by atoms with van der Waals surface area (Å²) in [5.41, 5.74) is 2.90. The number of piperidine rings is 1. The third-order valence-electron chi connectivity index (χ3n) is 7.05. The lowest BCUT2D eigenvalue weighted by molar-refractivity contribution is -0.114. The summed E-state index contributed by atoms with van der Waals surface area (Å²) in [5.74, 6) is 0.280. The smallest absolute Gasteiger partial charge is 0.323 e. The van der Waals surface area contributed by atoms with Gasteiger partial charge in [-0.2, -0.15) is 0 Å². The van der Waals surface area contributed by atoms with E-state index in [9.17, 15) is 23.1 Å². The summed E-state index contributed by atoms with van der Waals surface area (Å²) in [6, 6.07) is 18.8. The van der Waals surface area contributed by atoms with Gasteiger partial charge < -0.3 is 35.3 Å². The number of sulfonamides is 1. The van der Waals surface area contributed by atoms with Gasteiger partial charge in [-0.1, -0.05) is 6.07 Å². The number of para-hydroxylation sites is 1. The molecule has 42 heavy (non-hydrogen) atoms. The molecule has 4 aromatic rings. The molecule has 5 rings (SSSR count). The first kappa shape index (κ1) is 29.2. The predicted molar refractivity (Wildman–Crippen MR) is 162 cm³/mol. The number of rotatable bonds is 11. The van der Waals surface area contributed by atoms with Gasteiger partial charge >= 0.3 is 5.69 Å². The number of aliphatic hydroxyl groups excluding tert-OH is 1. The number of carbonyl (C=O) groups is 1. The van der Waals surface area contributed by atoms with Crippen molar-refractivity contribution in [2.24, 2.45) is 0 Å². The lowest BCUT2D eigenvalue weighted by Crippen LogP contribution is -2.45. The second-order valence-corrected chi connectivity index (χ2v) is 11.9. The summed E-state index contributed by atoms with van der Waals surface area (Å²) in [7, 11) is -3.78. The maximum absolute atomic E-state index is 12.8. The SMILES string of the molecule is CC(=O)Nc1ccc(S(=O)(=O)Nc2ccc(N3CCC(NC[C@H](O)COc4cccc5[nH]c(=O)[nH]c45)CC3)cc2)cc1. The molecule has 0 radical (unpaired) electrons. The van der Waals surface area contributed by atoms with Crippen LogP contribution in [-0.4, -0.2) is 67.8 Å². The Kier molecular flexibility index (Phi) is 8.80. The van der Waals surface area contributed by atoms with Crippen LogP contribution in [0, 0.1) is 0 Å². The number of aromatic nitrogens is 2. The Morgan fingerprint density at radius 3 is 2.40 bits per heavy atom. The number of anilines is 3. The molecule has 2 heterocycles. The Morgan fingerprint density at radius 1 is 1.02 bits per heavy atom. The number of nitrogens with one attached hydrogen (secondary N) is 5. The van der Waals surface area contributed by atoms with E-state index in [1.807, 2.05) is 12.1 Å². The summed E-state index contributed by atoms with van der Waals surface area (Å²) in [5, 5.41) is 16.5. The maximum atomic E-state index is 12.8. The minimum absolute atomic E-state index is 0.0939. The molecule has 1 aromatic heterocycles. The second-order valence-electron chi connectivity index (χ2n) is 10.3. The number of fused-ring (bicyclic) bond motifs is 1. The first-order chi connectivity index (χ1) is 20.2. The quantitative estimate of drug-likeness (QED) is 0.154. The van der Waals surface area contributed by atoms with Gasteiger partial charge in [0.15, 0.2) is 0 Å². The highest BCUT2D eigenvalue weighted by Crippen LogP contribution is 2.25. The number of amides is 1. The van der Waals surface area contributed by atoms with Crippen molar-refractivity contribution < 1.29 is 23.1 Å². The number of aromatic amines is 2. The van der Waals surface area contributed by atoms with Gasteiger partial charge in [0.2, 0.25) is 5.91 Å². The third kappa shape index (κ3) is 7.29. The van der Waals surface area contributed by atoms with Crippen LogP contribution in [0.2, 0.25) is 0 Å². The molecular weight excluding hydrogens is 560 g/mol. The van der Waals surface area contributed by atoms with Crippen LogP contribution in [0.4, 0.5) is 17.1 Å². The Hall–Kier alpha value is -4.33. The Balaban J connectivity index is 1.06. The van der Waals surface area contributed by atoms with Crippen LogP contribution in [0.1, 0.15) is 19.8 Å². The van der Waals surface area contributed by atoms with Gasteiger partial charge in [-0.05, 0) is 73.5 Å². The molecule has 13 heteroatoms. The van der Waals surface area contributed by atoms with Crippen LogP contribution in [0.25, 0.3) is 11.0 Å². The highest BCUT2D eigenvalue weighted by molar-refractivity contribution is 7.92. The standard InChI is InChI=1S/C29H34N6O6S/c1-19(36)31-21-7-11-25(12-8-21)42(39,40)34-22-5-9-23(10-6-22)35-15-13-20(14-16-35)30-17-24(37)18-41-27-4-2-3-26-28(27)33-29(38)32-26/h2-12,20,24,30,34,37H,13-18H2,1H3,(H,31,36)(H2,32,33,38)/t24-/m0/s1. The number of hydrogen-bond acceptors (Lipinski definition) is 8. The van der Waals surface area contributed by atoms with Gasteiger partial charge in [-0.25, -0.2) is 13.2 Å². The number of nitrogens with zero attached hydrogens (tertiary/aromatic N) is 1. The van der Waals surface area contributed by atoms with Gasteiger partial charge in [-0.3, -0.25) is 9.52 Å². The number of H-pyrrole nitrogens is 2. The van der Waals surface area contributed by atoms with Gasteiger partial charge in [0.25, 0.3) is 10.0 Å². The largest absolute Gasteiger partial charge is 0.489 e. The third-order valence-corrected chi connectivity index (χ3v) is 8.45. The minimum Gasteiger partial charge on any atom is -0.489 e. The average molecular weight is 595 g/mol. The molecule has 6 N–H and O–H groups in total. The molecule has 1 aliphatic heterocycles. The van der Waals surface area contributed by atoms with E-state index in [1.165, 1.54) is 19.1 Å². The van der Waals surface area contributed by atoms with E-state index in [4.69, 9.17) is 4.74 Å². The van der Waals surface area contributed by atoms with E-state index in [-0.39, 0.29) is 29.1 Å². The van der Waals surface area contributed by atoms with Crippen molar-refractivity contribution in [3.8, 4) is 5.75 Å². The van der Waals surface area contributed by atoms with Crippen LogP contribution < -0.4 is 30.7 Å². The normalized spacial score (nSPS) is 15.0. The molecule has 1 saturated heterocycles. The molecule has 0 saturated carbocycles. The van der Waals surface area contributed by atoms with Crippen molar-refractivity contribution in [3.05, 3.63) is 77.2 Å². The zero-order valence-corrected chi connectivity index (χ0v) is 23.9. The van der Waals surface area contributed by atoms with Gasteiger partial charge in [0.05, 0.1) is 10.4 Å². The molecular formula is C29H34N6O6S. The first-order valence-corrected chi connectivity index (χ1v) is 15.2. The number of hydrogen-bond donors (Lipinski definition) is 6. The molecule has 12 nitrogen and oxygen atoms in total. The fourth-order valence-electron chi connectivity index (χ4n) is 4.92. The Morgan fingerprint density at radius 2 is 1.71 bits per heavy atom. The maximum Gasteiger partial charge on any atom is 0.323 e. The van der Waals surface area contributed by atoms with E-state index in [1.54, 1.807) is 42.5 Å². The van der Waals surface area contributed by atoms with Gasteiger partial charge in [0, 0.05) is 49.7 Å². The summed E-state index contributed by atoms with van der Waals surface area (Å²) in [6.45, 7) is 3.50. The van der Waals surface area contributed by atoms with Crippen LogP contribution in [0.5, 0.6) is 5.75 Å². The van der Waals surface area contributed by atoms with Gasteiger partial charge in [-0.15, -0.1) is 0 Å². The summed E-state index contributed by atoms with van der Waals surface area (Å²) in [6.07, 6.45) is 1.07. The summed E-state index contributed by atoms with van der Waals surface area (Å²) >= 11 is 0. The highest BCUT2D eigenvalue weighted by Gasteiger charge is 2.21. The first-order valence-electron chi connectivity index (χ1n) is 13.7. The van der Waals surface area contributed by atoms with Crippen LogP contribution >= 0.6 is 0 Å². The molecule has 1 amide bonds. The lowest BCUT2D eigenvalue weighted by atomic mass is 10.0. The highest BCUT2D eigenvalue weighted by atomic mass is 32.2. The van der Waals surface area contributed by atoms with Crippen molar-refractivity contribution in [1.82, 2.24) is 15.3 Å². The zero-order chi connectivity index (χ0) is 29.7. The monoisotopic (exact) mass is 594 g/mol. The van der Waals surface area contributed by atoms with Crippen molar-refractivity contribution in [2.45, 2.75) is 36.8 Å². The zero-order valence-electron chi connectivity index (χ0n) is 23.1. The predicted octanol–water partition coefficient (Wildman–Crippen LogP) is 2.61.